The van der Waals surface area contributed by atoms with E-state index in [0.717, 1.165) is 46.5 Å². The van der Waals surface area contributed by atoms with E-state index in [0.29, 0.717) is 17.9 Å². The van der Waals surface area contributed by atoms with Gasteiger partial charge in [0.15, 0.2) is 0 Å². The first-order valence-corrected chi connectivity index (χ1v) is 10.3. The number of hydrogen-bond acceptors (Lipinski definition) is 4. The van der Waals surface area contributed by atoms with E-state index in [2.05, 4.69) is 5.16 Å². The van der Waals surface area contributed by atoms with E-state index in [9.17, 15) is 8.42 Å². The van der Waals surface area contributed by atoms with E-state index >= 15 is 0 Å². The zero-order valence-electron chi connectivity index (χ0n) is 15.6. The van der Waals surface area contributed by atoms with Crippen molar-refractivity contribution in [3.63, 3.8) is 0 Å². The summed E-state index contributed by atoms with van der Waals surface area (Å²) in [5.41, 5.74) is 4.64. The fraction of sp³-hybridized carbons (Fsp3) is 0.526. The van der Waals surface area contributed by atoms with E-state index in [4.69, 9.17) is 4.52 Å². The van der Waals surface area contributed by atoms with Crippen molar-refractivity contribution in [2.45, 2.75) is 64.8 Å². The normalized spacial score (nSPS) is 18.8. The van der Waals surface area contributed by atoms with E-state index in [1.165, 1.54) is 0 Å². The van der Waals surface area contributed by atoms with Crippen molar-refractivity contribution in [2.24, 2.45) is 0 Å². The molecule has 1 aromatic carbocycles. The first-order chi connectivity index (χ1) is 11.8. The van der Waals surface area contributed by atoms with Gasteiger partial charge in [0, 0.05) is 18.5 Å². The third kappa shape index (κ3) is 3.02. The second kappa shape index (κ2) is 6.57. The molecule has 1 aliphatic heterocycles. The van der Waals surface area contributed by atoms with E-state index in [-0.39, 0.29) is 6.04 Å². The Morgan fingerprint density at radius 3 is 2.52 bits per heavy atom. The number of benzene rings is 1. The van der Waals surface area contributed by atoms with Crippen molar-refractivity contribution in [3.8, 4) is 0 Å². The maximum absolute atomic E-state index is 13.4. The summed E-state index contributed by atoms with van der Waals surface area (Å²) in [5, 5.41) is 4.07. The molecule has 1 aliphatic rings. The molecule has 1 saturated heterocycles. The molecular formula is C19H26N2O3S. The second-order valence-electron chi connectivity index (χ2n) is 6.93. The minimum atomic E-state index is -3.56. The summed E-state index contributed by atoms with van der Waals surface area (Å²) in [6.07, 6.45) is 2.36. The fourth-order valence-electron chi connectivity index (χ4n) is 3.76. The van der Waals surface area contributed by atoms with Crippen molar-refractivity contribution < 1.29 is 12.9 Å². The lowest BCUT2D eigenvalue weighted by Crippen LogP contribution is -2.31. The molecule has 6 heteroatoms. The van der Waals surface area contributed by atoms with Crippen LogP contribution < -0.4 is 0 Å². The molecule has 2 heterocycles. The van der Waals surface area contributed by atoms with Crippen LogP contribution in [0.4, 0.5) is 0 Å². The molecule has 0 amide bonds. The SMILES string of the molecule is CCc1onc(C)c1[C@H]1CCCN1S(=O)(=O)c1cc(C)c(C)cc1C. The van der Waals surface area contributed by atoms with Gasteiger partial charge in [0.1, 0.15) is 5.76 Å². The molecule has 0 spiro atoms. The standard InChI is InChI=1S/C19H26N2O3S/c1-6-17-19(15(5)20-24-17)16-8-7-9-21(16)25(22,23)18-11-13(3)12(2)10-14(18)4/h10-11,16H,6-9H2,1-5H3/t16-/m1/s1. The lowest BCUT2D eigenvalue weighted by atomic mass is 10.0. The van der Waals surface area contributed by atoms with E-state index in [1.807, 2.05) is 40.7 Å². The van der Waals surface area contributed by atoms with Crippen molar-refractivity contribution in [2.75, 3.05) is 6.54 Å². The first-order valence-electron chi connectivity index (χ1n) is 8.82. The summed E-state index contributed by atoms with van der Waals surface area (Å²) in [6.45, 7) is 10.3. The highest BCUT2D eigenvalue weighted by molar-refractivity contribution is 7.89. The Hall–Kier alpha value is -1.66. The number of aryl methyl sites for hydroxylation is 5. The van der Waals surface area contributed by atoms with Crippen LogP contribution in [0.15, 0.2) is 21.6 Å². The molecule has 0 unspecified atom stereocenters. The maximum atomic E-state index is 13.4. The molecule has 0 saturated carbocycles. The largest absolute Gasteiger partial charge is 0.361 e. The quantitative estimate of drug-likeness (QED) is 0.825. The van der Waals surface area contributed by atoms with Crippen molar-refractivity contribution >= 4 is 10.0 Å². The lowest BCUT2D eigenvalue weighted by molar-refractivity contribution is 0.368. The van der Waals surface area contributed by atoms with Crippen molar-refractivity contribution in [1.29, 1.82) is 0 Å². The third-order valence-electron chi connectivity index (χ3n) is 5.22. The van der Waals surface area contributed by atoms with Gasteiger partial charge in [-0.3, -0.25) is 0 Å². The van der Waals surface area contributed by atoms with E-state index < -0.39 is 10.0 Å². The van der Waals surface area contributed by atoms with Gasteiger partial charge in [-0.1, -0.05) is 18.1 Å². The van der Waals surface area contributed by atoms with Crippen LogP contribution in [0, 0.1) is 27.7 Å². The Morgan fingerprint density at radius 2 is 1.84 bits per heavy atom. The molecule has 2 aromatic rings. The summed E-state index contributed by atoms with van der Waals surface area (Å²) >= 11 is 0. The third-order valence-corrected chi connectivity index (χ3v) is 7.27. The number of rotatable bonds is 4. The van der Waals surface area contributed by atoms with Crippen LogP contribution in [-0.2, 0) is 16.4 Å². The Balaban J connectivity index is 2.08. The minimum absolute atomic E-state index is 0.188. The van der Waals surface area contributed by atoms with Crippen molar-refractivity contribution in [3.05, 3.63) is 45.8 Å². The molecule has 0 bridgehead atoms. The highest BCUT2D eigenvalue weighted by Gasteiger charge is 2.39. The molecule has 3 rings (SSSR count). The topological polar surface area (TPSA) is 63.4 Å². The number of aromatic nitrogens is 1. The molecule has 136 valence electrons. The van der Waals surface area contributed by atoms with Crippen LogP contribution in [0.5, 0.6) is 0 Å². The fourth-order valence-corrected chi connectivity index (χ4v) is 5.72. The molecule has 5 nitrogen and oxygen atoms in total. The number of hydrogen-bond donors (Lipinski definition) is 0. The second-order valence-corrected chi connectivity index (χ2v) is 8.79. The molecular weight excluding hydrogens is 336 g/mol. The first kappa shape index (κ1) is 18.1. The van der Waals surface area contributed by atoms with Gasteiger partial charge in [-0.2, -0.15) is 4.31 Å². The average Bonchev–Trinajstić information content (AvgIpc) is 3.16. The minimum Gasteiger partial charge on any atom is -0.361 e. The Morgan fingerprint density at radius 1 is 1.16 bits per heavy atom. The summed E-state index contributed by atoms with van der Waals surface area (Å²) in [4.78, 5) is 0.412. The Bertz CT molecular complexity index is 900. The maximum Gasteiger partial charge on any atom is 0.243 e. The molecule has 25 heavy (non-hydrogen) atoms. The van der Waals surface area contributed by atoms with E-state index in [1.54, 1.807) is 10.4 Å². The summed E-state index contributed by atoms with van der Waals surface area (Å²) in [7, 11) is -3.56. The summed E-state index contributed by atoms with van der Waals surface area (Å²) < 4.78 is 33.9. The van der Waals surface area contributed by atoms with Gasteiger partial charge in [0.05, 0.1) is 16.6 Å². The van der Waals surface area contributed by atoms with Gasteiger partial charge in [0.25, 0.3) is 0 Å². The smallest absolute Gasteiger partial charge is 0.243 e. The van der Waals surface area contributed by atoms with Crippen LogP contribution in [0.3, 0.4) is 0 Å². The monoisotopic (exact) mass is 362 g/mol. The summed E-state index contributed by atoms with van der Waals surface area (Å²) in [5.74, 6) is 0.793. The van der Waals surface area contributed by atoms with Crippen LogP contribution in [0.2, 0.25) is 0 Å². The van der Waals surface area contributed by atoms with Gasteiger partial charge in [-0.15, -0.1) is 0 Å². The zero-order chi connectivity index (χ0) is 18.4. The van der Waals surface area contributed by atoms with Crippen LogP contribution in [0.25, 0.3) is 0 Å². The predicted molar refractivity (Wildman–Crippen MR) is 97.1 cm³/mol. The van der Waals surface area contributed by atoms with Gasteiger partial charge >= 0.3 is 0 Å². The predicted octanol–water partition coefficient (Wildman–Crippen LogP) is 4.00. The van der Waals surface area contributed by atoms with Gasteiger partial charge in [-0.05, 0) is 63.3 Å². The van der Waals surface area contributed by atoms with Gasteiger partial charge < -0.3 is 4.52 Å². The molecule has 0 aliphatic carbocycles. The highest BCUT2D eigenvalue weighted by atomic mass is 32.2. The number of sulfonamides is 1. The molecule has 1 atom stereocenters. The molecule has 0 N–H and O–H groups in total. The molecule has 1 aromatic heterocycles. The lowest BCUT2D eigenvalue weighted by Gasteiger charge is -2.25. The van der Waals surface area contributed by atoms with Crippen LogP contribution in [-0.4, -0.2) is 24.4 Å². The van der Waals surface area contributed by atoms with Crippen LogP contribution in [0.1, 0.15) is 59.5 Å². The Labute approximate surface area is 150 Å². The zero-order valence-corrected chi connectivity index (χ0v) is 16.4. The average molecular weight is 362 g/mol. The summed E-state index contributed by atoms with van der Waals surface area (Å²) in [6, 6.07) is 3.57. The van der Waals surface area contributed by atoms with Crippen LogP contribution >= 0.6 is 0 Å². The molecule has 0 radical (unpaired) electrons. The van der Waals surface area contributed by atoms with Gasteiger partial charge in [-0.25, -0.2) is 8.42 Å². The Kier molecular flexibility index (Phi) is 4.77. The van der Waals surface area contributed by atoms with Crippen molar-refractivity contribution in [1.82, 2.24) is 9.46 Å². The highest BCUT2D eigenvalue weighted by Crippen LogP contribution is 2.40. The molecule has 1 fully saturated rings. The van der Waals surface area contributed by atoms with Gasteiger partial charge in [0.2, 0.25) is 10.0 Å². The number of nitrogens with zero attached hydrogens (tertiary/aromatic N) is 2.